The zero-order valence-electron chi connectivity index (χ0n) is 10.8. The number of nitrogens with one attached hydrogen (secondary N) is 1. The van der Waals surface area contributed by atoms with Crippen LogP contribution in [-0.4, -0.2) is 25.3 Å². The van der Waals surface area contributed by atoms with Crippen molar-refractivity contribution in [3.63, 3.8) is 0 Å². The van der Waals surface area contributed by atoms with E-state index in [4.69, 9.17) is 9.15 Å². The first kappa shape index (κ1) is 12.7. The van der Waals surface area contributed by atoms with E-state index in [1.165, 1.54) is 19.3 Å². The van der Waals surface area contributed by atoms with E-state index in [9.17, 15) is 0 Å². The van der Waals surface area contributed by atoms with Gasteiger partial charge in [0.1, 0.15) is 5.76 Å². The zero-order valence-corrected chi connectivity index (χ0v) is 10.8. The van der Waals surface area contributed by atoms with Crippen molar-refractivity contribution in [2.75, 3.05) is 7.11 Å². The van der Waals surface area contributed by atoms with Gasteiger partial charge in [-0.1, -0.05) is 0 Å². The molecule has 3 heteroatoms. The molecule has 3 atom stereocenters. The first-order valence-corrected chi connectivity index (χ1v) is 6.61. The summed E-state index contributed by atoms with van der Waals surface area (Å²) < 4.78 is 10.8. The quantitative estimate of drug-likeness (QED) is 0.826. The number of hydrogen-bond donors (Lipinski definition) is 1. The van der Waals surface area contributed by atoms with Gasteiger partial charge in [-0.25, -0.2) is 0 Å². The van der Waals surface area contributed by atoms with Crippen molar-refractivity contribution >= 4 is 0 Å². The lowest BCUT2D eigenvalue weighted by Crippen LogP contribution is -2.42. The largest absolute Gasteiger partial charge is 0.469 e. The number of rotatable bonds is 6. The Balaban J connectivity index is 1.71. The molecular weight excluding hydrogens is 214 g/mol. The van der Waals surface area contributed by atoms with Crippen LogP contribution in [0.15, 0.2) is 22.8 Å². The monoisotopic (exact) mass is 237 g/mol. The minimum Gasteiger partial charge on any atom is -0.469 e. The molecule has 2 rings (SSSR count). The molecule has 0 saturated heterocycles. The Hall–Kier alpha value is -0.800. The normalized spacial score (nSPS) is 26.2. The van der Waals surface area contributed by atoms with Crippen molar-refractivity contribution in [2.24, 2.45) is 0 Å². The molecular formula is C14H23NO2. The van der Waals surface area contributed by atoms with E-state index in [0.29, 0.717) is 18.2 Å². The van der Waals surface area contributed by atoms with Crippen LogP contribution in [0.2, 0.25) is 0 Å². The van der Waals surface area contributed by atoms with E-state index >= 15 is 0 Å². The van der Waals surface area contributed by atoms with Gasteiger partial charge in [0.15, 0.2) is 0 Å². The molecule has 1 N–H and O–H groups in total. The van der Waals surface area contributed by atoms with Crippen LogP contribution in [0.3, 0.4) is 0 Å². The van der Waals surface area contributed by atoms with E-state index in [1.807, 2.05) is 19.2 Å². The predicted molar refractivity (Wildman–Crippen MR) is 68.1 cm³/mol. The third-order valence-electron chi connectivity index (χ3n) is 3.66. The van der Waals surface area contributed by atoms with Gasteiger partial charge in [0, 0.05) is 25.6 Å². The number of hydrogen-bond acceptors (Lipinski definition) is 3. The summed E-state index contributed by atoms with van der Waals surface area (Å²) in [7, 11) is 1.82. The Labute approximate surface area is 104 Å². The maximum atomic E-state index is 5.49. The van der Waals surface area contributed by atoms with E-state index < -0.39 is 0 Å². The van der Waals surface area contributed by atoms with E-state index in [0.717, 1.165) is 18.6 Å². The van der Waals surface area contributed by atoms with Gasteiger partial charge < -0.3 is 14.5 Å². The lowest BCUT2D eigenvalue weighted by atomic mass is 10.1. The maximum Gasteiger partial charge on any atom is 0.103 e. The standard InChI is InChI=1S/C14H23NO2/c1-11(8-9-12-5-4-10-17-12)15-13-6-3-7-14(13)16-2/h4-5,10-11,13-15H,3,6-9H2,1-2H3. The van der Waals surface area contributed by atoms with Crippen molar-refractivity contribution < 1.29 is 9.15 Å². The molecule has 0 aliphatic heterocycles. The Kier molecular flexibility index (Phi) is 4.63. The highest BCUT2D eigenvalue weighted by atomic mass is 16.5. The van der Waals surface area contributed by atoms with Crippen LogP contribution in [0.1, 0.15) is 38.4 Å². The van der Waals surface area contributed by atoms with E-state index in [-0.39, 0.29) is 0 Å². The first-order valence-electron chi connectivity index (χ1n) is 6.61. The summed E-state index contributed by atoms with van der Waals surface area (Å²) in [5.41, 5.74) is 0. The highest BCUT2D eigenvalue weighted by molar-refractivity contribution is 4.98. The van der Waals surface area contributed by atoms with Crippen LogP contribution in [0.5, 0.6) is 0 Å². The summed E-state index contributed by atoms with van der Waals surface area (Å²) in [6.07, 6.45) is 7.97. The molecule has 1 saturated carbocycles. The fraction of sp³-hybridized carbons (Fsp3) is 0.714. The van der Waals surface area contributed by atoms with Crippen LogP contribution in [0.25, 0.3) is 0 Å². The van der Waals surface area contributed by atoms with Gasteiger partial charge in [-0.15, -0.1) is 0 Å². The molecule has 1 heterocycles. The molecule has 1 aromatic rings. The van der Waals surface area contributed by atoms with Crippen LogP contribution in [0, 0.1) is 0 Å². The van der Waals surface area contributed by atoms with E-state index in [1.54, 1.807) is 6.26 Å². The Morgan fingerprint density at radius 2 is 2.41 bits per heavy atom. The SMILES string of the molecule is COC1CCCC1NC(C)CCc1ccco1. The van der Waals surface area contributed by atoms with Gasteiger partial charge in [0.25, 0.3) is 0 Å². The number of aryl methyl sites for hydroxylation is 1. The molecule has 0 spiro atoms. The summed E-state index contributed by atoms with van der Waals surface area (Å²) in [6.45, 7) is 2.24. The summed E-state index contributed by atoms with van der Waals surface area (Å²) in [6, 6.07) is 5.04. The van der Waals surface area contributed by atoms with Gasteiger partial charge in [-0.2, -0.15) is 0 Å². The van der Waals surface area contributed by atoms with Crippen molar-refractivity contribution in [3.8, 4) is 0 Å². The smallest absolute Gasteiger partial charge is 0.103 e. The second-order valence-corrected chi connectivity index (χ2v) is 5.00. The van der Waals surface area contributed by atoms with Gasteiger partial charge in [0.2, 0.25) is 0 Å². The lowest BCUT2D eigenvalue weighted by molar-refractivity contribution is 0.0815. The topological polar surface area (TPSA) is 34.4 Å². The minimum absolute atomic E-state index is 0.404. The summed E-state index contributed by atoms with van der Waals surface area (Å²) in [5, 5.41) is 3.68. The van der Waals surface area contributed by atoms with Crippen LogP contribution in [-0.2, 0) is 11.2 Å². The third-order valence-corrected chi connectivity index (χ3v) is 3.66. The van der Waals surface area contributed by atoms with Crippen molar-refractivity contribution in [2.45, 2.75) is 57.2 Å². The molecule has 3 nitrogen and oxygen atoms in total. The van der Waals surface area contributed by atoms with Gasteiger partial charge >= 0.3 is 0 Å². The zero-order chi connectivity index (χ0) is 12.1. The first-order chi connectivity index (χ1) is 8.29. The molecule has 96 valence electrons. The van der Waals surface area contributed by atoms with Crippen molar-refractivity contribution in [3.05, 3.63) is 24.2 Å². The van der Waals surface area contributed by atoms with E-state index in [2.05, 4.69) is 12.2 Å². The lowest BCUT2D eigenvalue weighted by Gasteiger charge is -2.24. The molecule has 0 bridgehead atoms. The summed E-state index contributed by atoms with van der Waals surface area (Å²) >= 11 is 0. The Bertz CT molecular complexity index is 310. The van der Waals surface area contributed by atoms with Gasteiger partial charge in [-0.05, 0) is 44.7 Å². The van der Waals surface area contributed by atoms with Crippen LogP contribution >= 0.6 is 0 Å². The average Bonchev–Trinajstić information content (AvgIpc) is 2.97. The van der Waals surface area contributed by atoms with Gasteiger partial charge in [-0.3, -0.25) is 0 Å². The fourth-order valence-electron chi connectivity index (χ4n) is 2.66. The molecule has 1 aliphatic carbocycles. The molecule has 17 heavy (non-hydrogen) atoms. The molecule has 1 aromatic heterocycles. The molecule has 0 amide bonds. The molecule has 1 aliphatic rings. The van der Waals surface area contributed by atoms with Crippen molar-refractivity contribution in [1.82, 2.24) is 5.32 Å². The molecule has 0 radical (unpaired) electrons. The van der Waals surface area contributed by atoms with Crippen LogP contribution in [0.4, 0.5) is 0 Å². The number of methoxy groups -OCH3 is 1. The average molecular weight is 237 g/mol. The number of furan rings is 1. The molecule has 3 unspecified atom stereocenters. The molecule has 0 aromatic carbocycles. The second kappa shape index (κ2) is 6.22. The highest BCUT2D eigenvalue weighted by Crippen LogP contribution is 2.22. The van der Waals surface area contributed by atoms with Crippen LogP contribution < -0.4 is 5.32 Å². The summed E-state index contributed by atoms with van der Waals surface area (Å²) in [5.74, 6) is 1.08. The number of ether oxygens (including phenoxy) is 1. The molecule has 1 fully saturated rings. The predicted octanol–water partition coefficient (Wildman–Crippen LogP) is 2.76. The highest BCUT2D eigenvalue weighted by Gasteiger charge is 2.27. The Morgan fingerprint density at radius 3 is 3.12 bits per heavy atom. The Morgan fingerprint density at radius 1 is 1.53 bits per heavy atom. The maximum absolute atomic E-state index is 5.49. The van der Waals surface area contributed by atoms with Crippen molar-refractivity contribution in [1.29, 1.82) is 0 Å². The minimum atomic E-state index is 0.404. The third kappa shape index (κ3) is 3.58. The second-order valence-electron chi connectivity index (χ2n) is 5.00. The van der Waals surface area contributed by atoms with Gasteiger partial charge in [0.05, 0.1) is 12.4 Å². The summed E-state index contributed by atoms with van der Waals surface area (Å²) in [4.78, 5) is 0. The fourth-order valence-corrected chi connectivity index (χ4v) is 2.66.